The Morgan fingerprint density at radius 2 is 1.87 bits per heavy atom. The van der Waals surface area contributed by atoms with E-state index in [1.54, 1.807) is 0 Å². The molecule has 0 aromatic carbocycles. The molecule has 2 rings (SSSR count). The van der Waals surface area contributed by atoms with E-state index >= 15 is 0 Å². The molecule has 2 aliphatic rings. The number of thioether (sulfide) groups is 1. The Hall–Kier alpha value is -1.40. The number of nitrogens with one attached hydrogen (secondary N) is 3. The molecule has 1 unspecified atom stereocenters. The van der Waals surface area contributed by atoms with Gasteiger partial charge in [-0.3, -0.25) is 14.4 Å². The summed E-state index contributed by atoms with van der Waals surface area (Å²) < 4.78 is 10.8. The molecular formula is C19H34N4O6S. The van der Waals surface area contributed by atoms with E-state index in [1.165, 1.54) is 0 Å². The van der Waals surface area contributed by atoms with Crippen molar-refractivity contribution >= 4 is 29.5 Å². The maximum Gasteiger partial charge on any atom is 0.315 e. The number of hydrogen-bond donors (Lipinski definition) is 4. The Morgan fingerprint density at radius 1 is 1.07 bits per heavy atom. The molecule has 2 saturated heterocycles. The van der Waals surface area contributed by atoms with Crippen LogP contribution in [0.15, 0.2) is 0 Å². The zero-order valence-corrected chi connectivity index (χ0v) is 18.2. The molecular weight excluding hydrogens is 412 g/mol. The second-order valence-corrected chi connectivity index (χ2v) is 8.67. The van der Waals surface area contributed by atoms with Crippen LogP contribution in [0.5, 0.6) is 0 Å². The van der Waals surface area contributed by atoms with Crippen LogP contribution < -0.4 is 21.8 Å². The molecule has 0 saturated carbocycles. The Balaban J connectivity index is 1.34. The average molecular weight is 447 g/mol. The van der Waals surface area contributed by atoms with Gasteiger partial charge in [-0.2, -0.15) is 11.8 Å². The van der Waals surface area contributed by atoms with Crippen LogP contribution in [0.2, 0.25) is 0 Å². The van der Waals surface area contributed by atoms with Crippen LogP contribution in [-0.4, -0.2) is 80.4 Å². The summed E-state index contributed by atoms with van der Waals surface area (Å²) in [4.78, 5) is 38.7. The second kappa shape index (κ2) is 14.6. The van der Waals surface area contributed by atoms with Gasteiger partial charge in [-0.15, -0.1) is 0 Å². The maximum atomic E-state index is 11.9. The third-order valence-electron chi connectivity index (χ3n) is 5.01. The third kappa shape index (κ3) is 9.61. The van der Waals surface area contributed by atoms with Crippen molar-refractivity contribution in [2.75, 3.05) is 45.3 Å². The van der Waals surface area contributed by atoms with Crippen LogP contribution in [0.1, 0.15) is 38.5 Å². The lowest BCUT2D eigenvalue weighted by molar-refractivity contribution is -0.124. The van der Waals surface area contributed by atoms with Crippen molar-refractivity contribution in [2.24, 2.45) is 5.90 Å². The third-order valence-corrected chi connectivity index (χ3v) is 6.52. The summed E-state index contributed by atoms with van der Waals surface area (Å²) in [7, 11) is 0. The van der Waals surface area contributed by atoms with Crippen LogP contribution in [0, 0.1) is 0 Å². The van der Waals surface area contributed by atoms with Crippen molar-refractivity contribution in [2.45, 2.75) is 55.9 Å². The van der Waals surface area contributed by atoms with E-state index in [4.69, 9.17) is 15.4 Å². The molecule has 2 heterocycles. The van der Waals surface area contributed by atoms with Gasteiger partial charge in [-0.1, -0.05) is 6.42 Å². The normalized spacial score (nSPS) is 22.4. The molecule has 0 bridgehead atoms. The van der Waals surface area contributed by atoms with Crippen molar-refractivity contribution in [3.05, 3.63) is 0 Å². The summed E-state index contributed by atoms with van der Waals surface area (Å²) in [5, 5.41) is 9.22. The van der Waals surface area contributed by atoms with Crippen molar-refractivity contribution in [1.82, 2.24) is 16.0 Å². The summed E-state index contributed by atoms with van der Waals surface area (Å²) in [6.45, 7) is 2.24. The monoisotopic (exact) mass is 446 g/mol. The molecule has 0 spiro atoms. The van der Waals surface area contributed by atoms with Crippen molar-refractivity contribution < 1.29 is 28.7 Å². The Bertz CT molecular complexity index is 553. The number of urea groups is 1. The highest BCUT2D eigenvalue weighted by atomic mass is 32.2. The van der Waals surface area contributed by atoms with E-state index < -0.39 is 0 Å². The van der Waals surface area contributed by atoms with E-state index in [2.05, 4.69) is 20.8 Å². The van der Waals surface area contributed by atoms with Crippen LogP contribution in [0.3, 0.4) is 0 Å². The number of Topliss-reactive ketones (excluding diaryl/α,β-unsaturated/α-hetero) is 1. The van der Waals surface area contributed by atoms with E-state index in [1.807, 2.05) is 11.8 Å². The van der Waals surface area contributed by atoms with Gasteiger partial charge in [0.05, 0.1) is 31.9 Å². The lowest BCUT2D eigenvalue weighted by Gasteiger charge is -2.16. The number of ketones is 1. The molecule has 0 radical (unpaired) electrons. The van der Waals surface area contributed by atoms with Crippen LogP contribution in [0.25, 0.3) is 0 Å². The zero-order valence-electron chi connectivity index (χ0n) is 17.4. The first-order chi connectivity index (χ1) is 14.6. The molecule has 11 heteroatoms. The highest BCUT2D eigenvalue weighted by molar-refractivity contribution is 8.00. The summed E-state index contributed by atoms with van der Waals surface area (Å²) in [6.07, 6.45) is 4.36. The van der Waals surface area contributed by atoms with Crippen LogP contribution >= 0.6 is 11.8 Å². The van der Waals surface area contributed by atoms with Gasteiger partial charge in [-0.05, 0) is 19.3 Å². The van der Waals surface area contributed by atoms with E-state index in [0.717, 1.165) is 25.0 Å². The summed E-state index contributed by atoms with van der Waals surface area (Å²) >= 11 is 1.90. The standard InChI is InChI=1S/C19H34N4O6S/c20-29-12-14(24)4-3-8-27-10-11-28-9-7-21-17(25)6-2-1-5-16-18-15(13-30-16)22-19(26)23-18/h15-16,18H,1-13,20H2,(H,21,25)(H2,22,23,26)/t15-,16?,18-/m0/s1. The predicted molar refractivity (Wildman–Crippen MR) is 113 cm³/mol. The minimum absolute atomic E-state index is 0.0359. The van der Waals surface area contributed by atoms with E-state index in [0.29, 0.717) is 57.5 Å². The largest absolute Gasteiger partial charge is 0.379 e. The first kappa shape index (κ1) is 24.9. The van der Waals surface area contributed by atoms with Crippen LogP contribution in [0.4, 0.5) is 4.79 Å². The highest BCUT2D eigenvalue weighted by Gasteiger charge is 2.42. The lowest BCUT2D eigenvalue weighted by Crippen LogP contribution is -2.36. The molecule has 0 aromatic rings. The molecule has 5 N–H and O–H groups in total. The number of nitrogens with two attached hydrogens (primary N) is 1. The topological polar surface area (TPSA) is 141 Å². The number of ether oxygens (including phenoxy) is 2. The molecule has 2 fully saturated rings. The quantitative estimate of drug-likeness (QED) is 0.140. The highest BCUT2D eigenvalue weighted by Crippen LogP contribution is 2.33. The van der Waals surface area contributed by atoms with E-state index in [9.17, 15) is 14.4 Å². The summed E-state index contributed by atoms with van der Waals surface area (Å²) in [5.41, 5.74) is 0. The molecule has 30 heavy (non-hydrogen) atoms. The van der Waals surface area contributed by atoms with Gasteiger partial charge >= 0.3 is 6.03 Å². The minimum Gasteiger partial charge on any atom is -0.379 e. The fourth-order valence-corrected chi connectivity index (χ4v) is 5.03. The van der Waals surface area contributed by atoms with Crippen molar-refractivity contribution in [3.63, 3.8) is 0 Å². The zero-order chi connectivity index (χ0) is 21.6. The number of unbranched alkanes of at least 4 members (excludes halogenated alkanes) is 1. The van der Waals surface area contributed by atoms with Gasteiger partial charge in [0.1, 0.15) is 6.61 Å². The molecule has 0 aliphatic carbocycles. The van der Waals surface area contributed by atoms with Gasteiger partial charge in [0, 0.05) is 37.0 Å². The SMILES string of the molecule is NOCC(=O)CCCOCCOCCNC(=O)CCCCC1SC[C@@H]2NC(=O)N[C@H]12. The molecule has 10 nitrogen and oxygen atoms in total. The summed E-state index contributed by atoms with van der Waals surface area (Å²) in [6, 6.07) is 0.418. The Labute approximate surface area is 181 Å². The number of rotatable bonds is 17. The predicted octanol–water partition coefficient (Wildman–Crippen LogP) is 0.101. The molecule has 2 aliphatic heterocycles. The van der Waals surface area contributed by atoms with Gasteiger partial charge in [0.25, 0.3) is 0 Å². The minimum atomic E-state index is -0.0628. The average Bonchev–Trinajstić information content (AvgIpc) is 3.26. The second-order valence-electron chi connectivity index (χ2n) is 7.40. The van der Waals surface area contributed by atoms with Crippen molar-refractivity contribution in [3.8, 4) is 0 Å². The van der Waals surface area contributed by atoms with Gasteiger partial charge < -0.3 is 25.4 Å². The maximum absolute atomic E-state index is 11.9. The fourth-order valence-electron chi connectivity index (χ4n) is 3.48. The molecule has 3 atom stereocenters. The number of fused-ring (bicyclic) bond motifs is 1. The fraction of sp³-hybridized carbons (Fsp3) is 0.842. The summed E-state index contributed by atoms with van der Waals surface area (Å²) in [5.74, 6) is 5.78. The first-order valence-corrected chi connectivity index (χ1v) is 11.6. The molecule has 0 aromatic heterocycles. The van der Waals surface area contributed by atoms with Gasteiger partial charge in [-0.25, -0.2) is 10.7 Å². The van der Waals surface area contributed by atoms with Crippen molar-refractivity contribution in [1.29, 1.82) is 0 Å². The smallest absolute Gasteiger partial charge is 0.315 e. The molecule has 172 valence electrons. The van der Waals surface area contributed by atoms with Gasteiger partial charge in [0.2, 0.25) is 5.91 Å². The number of amides is 3. The number of hydrogen-bond acceptors (Lipinski definition) is 8. The number of carbonyl (C=O) groups is 3. The number of carbonyl (C=O) groups excluding carboxylic acids is 3. The molecule has 3 amide bonds. The Morgan fingerprint density at radius 3 is 2.67 bits per heavy atom. The van der Waals surface area contributed by atoms with Crippen LogP contribution in [-0.2, 0) is 23.9 Å². The van der Waals surface area contributed by atoms with Gasteiger partial charge in [0.15, 0.2) is 5.78 Å². The van der Waals surface area contributed by atoms with E-state index in [-0.39, 0.29) is 36.4 Å². The first-order valence-electron chi connectivity index (χ1n) is 10.5. The Kier molecular flexibility index (Phi) is 12.1. The lowest BCUT2D eigenvalue weighted by atomic mass is 10.0.